The quantitative estimate of drug-likeness (QED) is 0.717. The molecule has 1 saturated heterocycles. The first-order valence-electron chi connectivity index (χ1n) is 6.17. The lowest BCUT2D eigenvalue weighted by Gasteiger charge is -2.23. The molecule has 0 aromatic carbocycles. The number of carbonyl (C=O) groups is 2. The summed E-state index contributed by atoms with van der Waals surface area (Å²) >= 11 is 4.46. The molecule has 2 rings (SSSR count). The minimum Gasteiger partial charge on any atom is -0.451 e. The molecule has 1 aromatic heterocycles. The van der Waals surface area contributed by atoms with Crippen LogP contribution in [0, 0.1) is 0 Å². The number of hydrogen-bond acceptors (Lipinski definition) is 6. The van der Waals surface area contributed by atoms with E-state index in [0.717, 1.165) is 3.79 Å². The van der Waals surface area contributed by atoms with Gasteiger partial charge in [-0.1, -0.05) is 0 Å². The zero-order chi connectivity index (χ0) is 15.6. The number of ether oxygens (including phenoxy) is 1. The van der Waals surface area contributed by atoms with Gasteiger partial charge >= 0.3 is 5.97 Å². The Kier molecular flexibility index (Phi) is 5.05. The average Bonchev–Trinajstić information content (AvgIpc) is 3.00. The zero-order valence-corrected chi connectivity index (χ0v) is 14.5. The summed E-state index contributed by atoms with van der Waals surface area (Å²) in [6.07, 6.45) is 0.427. The van der Waals surface area contributed by atoms with Crippen molar-refractivity contribution < 1.29 is 22.7 Å². The van der Waals surface area contributed by atoms with Gasteiger partial charge in [-0.3, -0.25) is 4.79 Å². The van der Waals surface area contributed by atoms with Gasteiger partial charge in [0.15, 0.2) is 16.4 Å². The van der Waals surface area contributed by atoms with Crippen LogP contribution in [0.25, 0.3) is 0 Å². The number of likely N-dealkylation sites (N-methyl/N-ethyl adjacent to an activating group) is 1. The molecular weight excluding hydrogens is 382 g/mol. The van der Waals surface area contributed by atoms with Crippen molar-refractivity contribution >= 4 is 49.0 Å². The summed E-state index contributed by atoms with van der Waals surface area (Å²) in [5, 5.41) is 0. The topological polar surface area (TPSA) is 80.8 Å². The maximum Gasteiger partial charge on any atom is 0.348 e. The van der Waals surface area contributed by atoms with E-state index in [-0.39, 0.29) is 24.2 Å². The molecule has 0 saturated carbocycles. The normalized spacial score (nSPS) is 20.2. The van der Waals surface area contributed by atoms with Crippen LogP contribution in [0.2, 0.25) is 0 Å². The van der Waals surface area contributed by atoms with Crippen LogP contribution in [0.15, 0.2) is 15.9 Å². The summed E-state index contributed by atoms with van der Waals surface area (Å²) in [5.74, 6) is -0.896. The maximum absolute atomic E-state index is 11.9. The second-order valence-electron chi connectivity index (χ2n) is 4.74. The number of nitrogens with zero attached hydrogens (tertiary/aromatic N) is 1. The molecule has 0 N–H and O–H groups in total. The summed E-state index contributed by atoms with van der Waals surface area (Å²) in [6.45, 7) is -0.388. The fraction of sp³-hybridized carbons (Fsp3) is 0.500. The fourth-order valence-corrected chi connectivity index (χ4v) is 5.06. The number of rotatable bonds is 4. The van der Waals surface area contributed by atoms with Gasteiger partial charge in [0.2, 0.25) is 0 Å². The van der Waals surface area contributed by atoms with Gasteiger partial charge in [-0.25, -0.2) is 13.2 Å². The number of carbonyl (C=O) groups excluding carboxylic acids is 2. The van der Waals surface area contributed by atoms with E-state index in [9.17, 15) is 18.0 Å². The minimum atomic E-state index is -3.05. The van der Waals surface area contributed by atoms with Gasteiger partial charge in [0, 0.05) is 13.1 Å². The van der Waals surface area contributed by atoms with Crippen molar-refractivity contribution in [2.75, 3.05) is 25.2 Å². The van der Waals surface area contributed by atoms with Crippen LogP contribution >= 0.6 is 27.3 Å². The highest BCUT2D eigenvalue weighted by atomic mass is 79.9. The Balaban J connectivity index is 1.86. The van der Waals surface area contributed by atoms with Crippen LogP contribution in [0.4, 0.5) is 0 Å². The minimum absolute atomic E-state index is 0.0267. The predicted molar refractivity (Wildman–Crippen MR) is 82.1 cm³/mol. The molecule has 2 heterocycles. The summed E-state index contributed by atoms with van der Waals surface area (Å²) in [6, 6.07) is 2.99. The number of hydrogen-bond donors (Lipinski definition) is 0. The number of amides is 1. The first-order chi connectivity index (χ1) is 9.78. The largest absolute Gasteiger partial charge is 0.451 e. The van der Waals surface area contributed by atoms with Crippen molar-refractivity contribution in [1.82, 2.24) is 4.90 Å². The van der Waals surface area contributed by atoms with Gasteiger partial charge in [0.05, 0.1) is 15.3 Å². The Hall–Kier alpha value is -0.930. The van der Waals surface area contributed by atoms with Crippen LogP contribution in [0.3, 0.4) is 0 Å². The molecule has 116 valence electrons. The van der Waals surface area contributed by atoms with Crippen LogP contribution in [0.1, 0.15) is 16.1 Å². The highest BCUT2D eigenvalue weighted by Crippen LogP contribution is 2.22. The molecular formula is C12H14BrNO5S2. The summed E-state index contributed by atoms with van der Waals surface area (Å²) in [5.41, 5.74) is 0. The second kappa shape index (κ2) is 6.45. The lowest BCUT2D eigenvalue weighted by molar-refractivity contribution is -0.134. The molecule has 1 amide bonds. The number of thiophene rings is 1. The monoisotopic (exact) mass is 395 g/mol. The molecule has 1 aliphatic heterocycles. The molecule has 0 radical (unpaired) electrons. The molecule has 1 aromatic rings. The molecule has 1 unspecified atom stereocenters. The summed E-state index contributed by atoms with van der Waals surface area (Å²) < 4.78 is 28.5. The molecule has 0 aliphatic carbocycles. The van der Waals surface area contributed by atoms with Crippen molar-refractivity contribution in [3.63, 3.8) is 0 Å². The molecule has 1 aliphatic rings. The van der Waals surface area contributed by atoms with Crippen molar-refractivity contribution in [1.29, 1.82) is 0 Å². The van der Waals surface area contributed by atoms with Crippen LogP contribution in [0.5, 0.6) is 0 Å². The molecule has 0 spiro atoms. The SMILES string of the molecule is CN(C(=O)COC(=O)c1ccc(Br)s1)C1CCS(=O)(=O)C1. The highest BCUT2D eigenvalue weighted by Gasteiger charge is 2.32. The third-order valence-corrected chi connectivity index (χ3v) is 6.60. The fourth-order valence-electron chi connectivity index (χ4n) is 2.01. The smallest absolute Gasteiger partial charge is 0.348 e. The molecule has 1 atom stereocenters. The first-order valence-corrected chi connectivity index (χ1v) is 9.60. The first kappa shape index (κ1) is 16.4. The molecule has 21 heavy (non-hydrogen) atoms. The molecule has 0 bridgehead atoms. The summed E-state index contributed by atoms with van der Waals surface area (Å²) in [7, 11) is -1.52. The molecule has 1 fully saturated rings. The van der Waals surface area contributed by atoms with Crippen molar-refractivity contribution in [2.24, 2.45) is 0 Å². The number of halogens is 1. The Morgan fingerprint density at radius 1 is 1.48 bits per heavy atom. The Morgan fingerprint density at radius 2 is 2.19 bits per heavy atom. The lowest BCUT2D eigenvalue weighted by atomic mass is 10.2. The van der Waals surface area contributed by atoms with E-state index < -0.39 is 21.7 Å². The van der Waals surface area contributed by atoms with Crippen LogP contribution in [-0.2, 0) is 19.4 Å². The van der Waals surface area contributed by atoms with E-state index in [1.807, 2.05) is 0 Å². The highest BCUT2D eigenvalue weighted by molar-refractivity contribution is 9.11. The Morgan fingerprint density at radius 3 is 2.71 bits per heavy atom. The van der Waals surface area contributed by atoms with Crippen LogP contribution in [-0.4, -0.2) is 56.4 Å². The van der Waals surface area contributed by atoms with Gasteiger partial charge < -0.3 is 9.64 Å². The Bertz CT molecular complexity index is 654. The number of sulfone groups is 1. The van der Waals surface area contributed by atoms with E-state index in [0.29, 0.717) is 11.3 Å². The van der Waals surface area contributed by atoms with Crippen molar-refractivity contribution in [3.8, 4) is 0 Å². The van der Waals surface area contributed by atoms with Gasteiger partial charge in [-0.2, -0.15) is 0 Å². The predicted octanol–water partition coefficient (Wildman–Crippen LogP) is 1.31. The van der Waals surface area contributed by atoms with E-state index >= 15 is 0 Å². The lowest BCUT2D eigenvalue weighted by Crippen LogP contribution is -2.40. The van der Waals surface area contributed by atoms with E-state index in [2.05, 4.69) is 15.9 Å². The second-order valence-corrected chi connectivity index (χ2v) is 9.43. The van der Waals surface area contributed by atoms with Gasteiger partial charge in [0.25, 0.3) is 5.91 Å². The summed E-state index contributed by atoms with van der Waals surface area (Å²) in [4.78, 5) is 25.4. The van der Waals surface area contributed by atoms with Gasteiger partial charge in [-0.05, 0) is 34.5 Å². The van der Waals surface area contributed by atoms with Crippen molar-refractivity contribution in [3.05, 3.63) is 20.8 Å². The molecule has 6 nitrogen and oxygen atoms in total. The van der Waals surface area contributed by atoms with Crippen LogP contribution < -0.4 is 0 Å². The van der Waals surface area contributed by atoms with E-state index in [1.54, 1.807) is 12.1 Å². The van der Waals surface area contributed by atoms with Gasteiger partial charge in [0.1, 0.15) is 4.88 Å². The third kappa shape index (κ3) is 4.27. The van der Waals surface area contributed by atoms with Crippen molar-refractivity contribution in [2.45, 2.75) is 12.5 Å². The zero-order valence-electron chi connectivity index (χ0n) is 11.2. The number of esters is 1. The maximum atomic E-state index is 11.9. The third-order valence-electron chi connectivity index (χ3n) is 3.25. The average molecular weight is 396 g/mol. The molecule has 9 heteroatoms. The van der Waals surface area contributed by atoms with E-state index in [4.69, 9.17) is 4.74 Å². The van der Waals surface area contributed by atoms with Gasteiger partial charge in [-0.15, -0.1) is 11.3 Å². The standard InChI is InChI=1S/C12H14BrNO5S2/c1-14(8-4-5-21(17,18)7-8)11(15)6-19-12(16)9-2-3-10(13)20-9/h2-3,8H,4-7H2,1H3. The Labute approximate surface area is 135 Å². The van der Waals surface area contributed by atoms with E-state index in [1.165, 1.54) is 23.3 Å².